The van der Waals surface area contributed by atoms with Crippen molar-refractivity contribution in [3.63, 3.8) is 0 Å². The van der Waals surface area contributed by atoms with Gasteiger partial charge in [0.1, 0.15) is 11.9 Å². The number of hydrogen-bond donors (Lipinski definition) is 3. The summed E-state index contributed by atoms with van der Waals surface area (Å²) in [6, 6.07) is 5.68. The Balaban J connectivity index is 1.36. The second-order valence-corrected chi connectivity index (χ2v) is 11.4. The van der Waals surface area contributed by atoms with Crippen molar-refractivity contribution in [3.8, 4) is 0 Å². The lowest BCUT2D eigenvalue weighted by molar-refractivity contribution is -0.124. The lowest BCUT2D eigenvalue weighted by Gasteiger charge is -2.36. The van der Waals surface area contributed by atoms with Crippen LogP contribution >= 0.6 is 0 Å². The zero-order chi connectivity index (χ0) is 29.7. The fourth-order valence-electron chi connectivity index (χ4n) is 5.16. The van der Waals surface area contributed by atoms with Gasteiger partial charge in [0.25, 0.3) is 0 Å². The van der Waals surface area contributed by atoms with Crippen LogP contribution in [0.1, 0.15) is 60.2 Å². The van der Waals surface area contributed by atoms with E-state index >= 15 is 0 Å². The third-order valence-electron chi connectivity index (χ3n) is 7.01. The number of benzene rings is 1. The molecule has 3 heterocycles. The first-order valence-corrected chi connectivity index (χ1v) is 14.6. The van der Waals surface area contributed by atoms with Gasteiger partial charge in [0.15, 0.2) is 5.82 Å². The molecule has 1 aliphatic heterocycles. The molecule has 224 valence electrons. The van der Waals surface area contributed by atoms with Crippen molar-refractivity contribution in [2.75, 3.05) is 36.4 Å². The molecule has 0 saturated carbocycles. The summed E-state index contributed by atoms with van der Waals surface area (Å²) >= 11 is 0. The second kappa shape index (κ2) is 13.3. The minimum absolute atomic E-state index is 0.0695. The number of aromatic nitrogens is 4. The highest BCUT2D eigenvalue weighted by Crippen LogP contribution is 2.27. The van der Waals surface area contributed by atoms with Crippen LogP contribution in [0.4, 0.5) is 16.3 Å². The number of hydrogen-bond acceptors (Lipinski definition) is 9. The first kappa shape index (κ1) is 30.3. The number of unbranched alkanes of at least 4 members (excludes halogenated alkanes) is 1. The Bertz CT molecular complexity index is 1350. The molecule has 0 aliphatic carbocycles. The van der Waals surface area contributed by atoms with Crippen LogP contribution in [-0.2, 0) is 14.3 Å². The lowest BCUT2D eigenvalue weighted by Crippen LogP contribution is -2.50. The van der Waals surface area contributed by atoms with Gasteiger partial charge >= 0.3 is 6.09 Å². The van der Waals surface area contributed by atoms with Gasteiger partial charge in [-0.1, -0.05) is 13.8 Å². The fourth-order valence-corrected chi connectivity index (χ4v) is 5.16. The molecule has 0 bridgehead atoms. The van der Waals surface area contributed by atoms with E-state index in [0.29, 0.717) is 24.6 Å². The van der Waals surface area contributed by atoms with E-state index < -0.39 is 12.1 Å². The van der Waals surface area contributed by atoms with E-state index in [0.717, 1.165) is 48.5 Å². The molecule has 1 aromatic carbocycles. The van der Waals surface area contributed by atoms with Crippen LogP contribution < -0.4 is 20.9 Å². The van der Waals surface area contributed by atoms with Gasteiger partial charge in [0, 0.05) is 31.9 Å². The number of anilines is 2. The Labute approximate surface area is 241 Å². The molecule has 1 aliphatic rings. The molecule has 0 spiro atoms. The van der Waals surface area contributed by atoms with Gasteiger partial charge in [-0.05, 0) is 71.6 Å². The highest BCUT2D eigenvalue weighted by atomic mass is 16.6. The number of alkyl carbamates (subject to hydrolysis) is 1. The molecule has 2 amide bonds. The molecular formula is C29H44N8O4. The fraction of sp³-hybridized carbons (Fsp3) is 0.621. The first-order valence-electron chi connectivity index (χ1n) is 14.6. The van der Waals surface area contributed by atoms with Crippen LogP contribution in [0.5, 0.6) is 0 Å². The summed E-state index contributed by atoms with van der Waals surface area (Å²) in [5.41, 5.74) is 3.62. The molecule has 3 aromatic rings. The minimum Gasteiger partial charge on any atom is -0.447 e. The molecule has 2 aromatic heterocycles. The molecule has 0 radical (unpaired) electrons. The quantitative estimate of drug-likeness (QED) is 0.296. The zero-order valence-electron chi connectivity index (χ0n) is 25.2. The number of rotatable bonds is 11. The number of ether oxygens (including phenoxy) is 2. The maximum atomic E-state index is 12.7. The number of amides is 2. The maximum absolute atomic E-state index is 12.7. The van der Waals surface area contributed by atoms with E-state index in [2.05, 4.69) is 63.1 Å². The topological polar surface area (TPSA) is 135 Å². The molecular weight excluding hydrogens is 524 g/mol. The molecule has 12 nitrogen and oxygen atoms in total. The summed E-state index contributed by atoms with van der Waals surface area (Å²) < 4.78 is 13.1. The average molecular weight is 569 g/mol. The number of aryl methyl sites for hydroxylation is 1. The smallest absolute Gasteiger partial charge is 0.408 e. The monoisotopic (exact) mass is 568 g/mol. The van der Waals surface area contributed by atoms with Crippen molar-refractivity contribution in [2.45, 2.75) is 85.7 Å². The van der Waals surface area contributed by atoms with Crippen LogP contribution in [0.15, 0.2) is 18.2 Å². The van der Waals surface area contributed by atoms with Crippen LogP contribution in [0.25, 0.3) is 16.7 Å². The van der Waals surface area contributed by atoms with Crippen molar-refractivity contribution >= 4 is 40.2 Å². The van der Waals surface area contributed by atoms with E-state index in [1.807, 2.05) is 25.2 Å². The van der Waals surface area contributed by atoms with Gasteiger partial charge in [-0.3, -0.25) is 9.20 Å². The lowest BCUT2D eigenvalue weighted by atomic mass is 10.0. The molecule has 41 heavy (non-hydrogen) atoms. The number of nitrogens with zero attached hydrogens (tertiary/aromatic N) is 5. The summed E-state index contributed by atoms with van der Waals surface area (Å²) in [5.74, 6) is 1.19. The van der Waals surface area contributed by atoms with Gasteiger partial charge in [0.05, 0.1) is 29.3 Å². The Morgan fingerprint density at radius 3 is 2.46 bits per heavy atom. The van der Waals surface area contributed by atoms with Gasteiger partial charge in [-0.25, -0.2) is 9.78 Å². The average Bonchev–Trinajstić information content (AvgIpc) is 3.29. The van der Waals surface area contributed by atoms with Gasteiger partial charge in [0.2, 0.25) is 11.6 Å². The van der Waals surface area contributed by atoms with Crippen molar-refractivity contribution in [1.82, 2.24) is 30.2 Å². The summed E-state index contributed by atoms with van der Waals surface area (Å²) in [6.45, 7) is 16.3. The Hall–Kier alpha value is -3.67. The normalized spacial score (nSPS) is 18.2. The van der Waals surface area contributed by atoms with Gasteiger partial charge in [-0.15, -0.1) is 10.2 Å². The largest absolute Gasteiger partial charge is 0.447 e. The van der Waals surface area contributed by atoms with Crippen molar-refractivity contribution in [1.29, 1.82) is 0 Å². The van der Waals surface area contributed by atoms with E-state index in [9.17, 15) is 9.59 Å². The zero-order valence-corrected chi connectivity index (χ0v) is 25.2. The van der Waals surface area contributed by atoms with Crippen LogP contribution in [0, 0.1) is 12.8 Å². The van der Waals surface area contributed by atoms with E-state index in [-0.39, 0.29) is 30.1 Å². The molecule has 3 N–H and O–H groups in total. The maximum Gasteiger partial charge on any atom is 0.408 e. The molecule has 3 atom stereocenters. The highest BCUT2D eigenvalue weighted by Gasteiger charge is 2.25. The number of fused-ring (bicyclic) bond motifs is 3. The number of carbonyl (C=O) groups excluding carboxylic acids is 2. The minimum atomic E-state index is -0.653. The molecule has 1 saturated heterocycles. The van der Waals surface area contributed by atoms with Crippen LogP contribution in [-0.4, -0.2) is 82.1 Å². The Morgan fingerprint density at radius 1 is 1.07 bits per heavy atom. The van der Waals surface area contributed by atoms with Crippen molar-refractivity contribution in [3.05, 3.63) is 24.0 Å². The molecule has 4 rings (SSSR count). The standard InChI is InChI=1S/C29H44N8O4/c1-17(2)25(33-29(39)40-18(3)4)28(38)31-13-9-8-12-30-26-27-35-34-21(7)37(27)24-11-10-22(14-23(24)32-26)36-15-19(5)41-20(6)16-36/h10-11,14,17-20,25H,8-9,12-13,15-16H2,1-7H3,(H,30,32)(H,31,38)(H,33,39)/t19-,20+,25-/m0/s1. The van der Waals surface area contributed by atoms with E-state index in [4.69, 9.17) is 14.5 Å². The summed E-state index contributed by atoms with van der Waals surface area (Å²) in [6.07, 6.45) is 1.06. The second-order valence-electron chi connectivity index (χ2n) is 11.4. The van der Waals surface area contributed by atoms with Gasteiger partial charge < -0.3 is 30.3 Å². The third kappa shape index (κ3) is 7.55. The number of nitrogens with one attached hydrogen (secondary N) is 3. The molecule has 0 unspecified atom stereocenters. The third-order valence-corrected chi connectivity index (χ3v) is 7.01. The number of carbonyl (C=O) groups is 2. The SMILES string of the molecule is Cc1nnc2c(NCCCCNC(=O)[C@@H](NC(=O)OC(C)C)C(C)C)nc3cc(N4C[C@@H](C)O[C@@H](C)C4)ccc3n12. The van der Waals surface area contributed by atoms with E-state index in [1.54, 1.807) is 13.8 Å². The Morgan fingerprint density at radius 2 is 1.78 bits per heavy atom. The number of morpholine rings is 1. The van der Waals surface area contributed by atoms with Crippen LogP contribution in [0.2, 0.25) is 0 Å². The predicted molar refractivity (Wildman–Crippen MR) is 159 cm³/mol. The summed E-state index contributed by atoms with van der Waals surface area (Å²) in [4.78, 5) is 31.9. The molecule has 12 heteroatoms. The predicted octanol–water partition coefficient (Wildman–Crippen LogP) is 3.67. The van der Waals surface area contributed by atoms with Crippen molar-refractivity contribution < 1.29 is 19.1 Å². The van der Waals surface area contributed by atoms with E-state index in [1.165, 1.54) is 0 Å². The first-order chi connectivity index (χ1) is 19.5. The summed E-state index contributed by atoms with van der Waals surface area (Å²) in [7, 11) is 0. The summed E-state index contributed by atoms with van der Waals surface area (Å²) in [5, 5.41) is 17.7. The van der Waals surface area contributed by atoms with Crippen molar-refractivity contribution in [2.24, 2.45) is 5.92 Å². The Kier molecular flexibility index (Phi) is 9.85. The van der Waals surface area contributed by atoms with Crippen LogP contribution in [0.3, 0.4) is 0 Å². The van der Waals surface area contributed by atoms with Gasteiger partial charge in [-0.2, -0.15) is 0 Å². The highest BCUT2D eigenvalue weighted by molar-refractivity contribution is 5.86. The molecule has 1 fully saturated rings.